The zero-order chi connectivity index (χ0) is 23.1. The van der Waals surface area contributed by atoms with Crippen molar-refractivity contribution in [2.24, 2.45) is 0 Å². The normalized spacial score (nSPS) is 14.7. The average Bonchev–Trinajstić information content (AvgIpc) is 2.77. The molecule has 0 saturated carbocycles. The largest absolute Gasteiger partial charge is 0.489 e. The first kappa shape index (κ1) is 24.9. The molecule has 0 aliphatic rings. The molecule has 0 saturated heterocycles. The SMILES string of the molecule is CCC[S@@](=O)N(C)[C@](C)(c1cccc(OCc2ccccc2)c1)C(F)(F)C(=O)OCC. The molecule has 0 radical (unpaired) electrons. The van der Waals surface area contributed by atoms with E-state index < -0.39 is 28.4 Å². The van der Waals surface area contributed by atoms with E-state index in [0.717, 1.165) is 9.87 Å². The minimum absolute atomic E-state index is 0.100. The van der Waals surface area contributed by atoms with Crippen LogP contribution in [0.1, 0.15) is 38.3 Å². The molecule has 0 aromatic heterocycles. The molecule has 5 nitrogen and oxygen atoms in total. The number of carbonyl (C=O) groups excluding carboxylic acids is 1. The Morgan fingerprint density at radius 2 is 1.77 bits per heavy atom. The van der Waals surface area contributed by atoms with Crippen LogP contribution in [0, 0.1) is 0 Å². The molecule has 2 aromatic rings. The number of hydrogen-bond donors (Lipinski definition) is 0. The topological polar surface area (TPSA) is 55.8 Å². The predicted octanol–water partition coefficient (Wildman–Crippen LogP) is 4.68. The summed E-state index contributed by atoms with van der Waals surface area (Å²) in [6.45, 7) is 4.54. The summed E-state index contributed by atoms with van der Waals surface area (Å²) in [5.41, 5.74) is -1.19. The Morgan fingerprint density at radius 3 is 2.39 bits per heavy atom. The molecule has 0 aliphatic heterocycles. The molecule has 170 valence electrons. The summed E-state index contributed by atoms with van der Waals surface area (Å²) in [4.78, 5) is 12.2. The fourth-order valence-corrected chi connectivity index (χ4v) is 4.38. The summed E-state index contributed by atoms with van der Waals surface area (Å²) in [7, 11) is -0.407. The van der Waals surface area contributed by atoms with Gasteiger partial charge in [0, 0.05) is 12.8 Å². The van der Waals surface area contributed by atoms with Gasteiger partial charge in [-0.15, -0.1) is 0 Å². The molecular formula is C23H29F2NO4S. The van der Waals surface area contributed by atoms with Crippen molar-refractivity contribution in [3.63, 3.8) is 0 Å². The summed E-state index contributed by atoms with van der Waals surface area (Å²) in [6, 6.07) is 15.6. The number of rotatable bonds is 11. The number of nitrogens with zero attached hydrogens (tertiary/aromatic N) is 1. The third kappa shape index (κ3) is 5.49. The van der Waals surface area contributed by atoms with E-state index in [4.69, 9.17) is 4.74 Å². The second-order valence-electron chi connectivity index (χ2n) is 7.19. The fraction of sp³-hybridized carbons (Fsp3) is 0.435. The van der Waals surface area contributed by atoms with E-state index in [-0.39, 0.29) is 24.5 Å². The maximum atomic E-state index is 15.5. The molecule has 31 heavy (non-hydrogen) atoms. The molecule has 0 fully saturated rings. The van der Waals surface area contributed by atoms with Crippen LogP contribution in [0.15, 0.2) is 54.6 Å². The van der Waals surface area contributed by atoms with Crippen LogP contribution in [0.5, 0.6) is 5.75 Å². The molecule has 2 atom stereocenters. The van der Waals surface area contributed by atoms with Gasteiger partial charge in [-0.25, -0.2) is 13.3 Å². The predicted molar refractivity (Wildman–Crippen MR) is 117 cm³/mol. The molecular weight excluding hydrogens is 424 g/mol. The van der Waals surface area contributed by atoms with Gasteiger partial charge in [-0.1, -0.05) is 49.4 Å². The third-order valence-corrected chi connectivity index (χ3v) is 6.84. The highest BCUT2D eigenvalue weighted by molar-refractivity contribution is 7.82. The molecule has 8 heteroatoms. The summed E-state index contributed by atoms with van der Waals surface area (Å²) < 4.78 is 55.1. The molecule has 0 aliphatic carbocycles. The Labute approximate surface area is 184 Å². The van der Waals surface area contributed by atoms with Crippen molar-refractivity contribution in [1.82, 2.24) is 4.31 Å². The van der Waals surface area contributed by atoms with Gasteiger partial charge in [-0.3, -0.25) is 0 Å². The lowest BCUT2D eigenvalue weighted by Crippen LogP contribution is -2.59. The highest BCUT2D eigenvalue weighted by Crippen LogP contribution is 2.44. The van der Waals surface area contributed by atoms with Crippen molar-refractivity contribution < 1.29 is 27.3 Å². The number of ether oxygens (including phenoxy) is 2. The van der Waals surface area contributed by atoms with Crippen molar-refractivity contribution in [3.05, 3.63) is 65.7 Å². The van der Waals surface area contributed by atoms with E-state index in [1.807, 2.05) is 37.3 Å². The number of carbonyl (C=O) groups is 1. The van der Waals surface area contributed by atoms with Crippen LogP contribution >= 0.6 is 0 Å². The van der Waals surface area contributed by atoms with Gasteiger partial charge in [0.25, 0.3) is 0 Å². The van der Waals surface area contributed by atoms with Crippen LogP contribution in [0.3, 0.4) is 0 Å². The maximum Gasteiger partial charge on any atom is 0.379 e. The van der Waals surface area contributed by atoms with Gasteiger partial charge in [-0.05, 0) is 43.5 Å². The lowest BCUT2D eigenvalue weighted by molar-refractivity contribution is -0.190. The average molecular weight is 454 g/mol. The van der Waals surface area contributed by atoms with Gasteiger partial charge in [0.2, 0.25) is 0 Å². The minimum Gasteiger partial charge on any atom is -0.489 e. The van der Waals surface area contributed by atoms with Gasteiger partial charge >= 0.3 is 11.9 Å². The summed E-state index contributed by atoms with van der Waals surface area (Å²) in [6.07, 6.45) is 0.540. The van der Waals surface area contributed by atoms with E-state index in [1.165, 1.54) is 33.0 Å². The maximum absolute atomic E-state index is 15.5. The Hall–Kier alpha value is -2.32. The lowest BCUT2D eigenvalue weighted by atomic mass is 9.85. The van der Waals surface area contributed by atoms with Crippen molar-refractivity contribution in [2.75, 3.05) is 19.4 Å². The van der Waals surface area contributed by atoms with Gasteiger partial charge in [0.1, 0.15) is 17.9 Å². The zero-order valence-corrected chi connectivity index (χ0v) is 19.1. The van der Waals surface area contributed by atoms with Gasteiger partial charge in [0.15, 0.2) is 0 Å². The van der Waals surface area contributed by atoms with Crippen molar-refractivity contribution in [3.8, 4) is 5.75 Å². The van der Waals surface area contributed by atoms with Crippen LogP contribution < -0.4 is 4.74 Å². The summed E-state index contributed by atoms with van der Waals surface area (Å²) in [5, 5.41) is 0. The molecule has 0 heterocycles. The quantitative estimate of drug-likeness (QED) is 0.464. The molecule has 2 rings (SSSR count). The molecule has 0 bridgehead atoms. The van der Waals surface area contributed by atoms with Crippen LogP contribution in [0.25, 0.3) is 0 Å². The first-order valence-corrected chi connectivity index (χ1v) is 11.4. The Morgan fingerprint density at radius 1 is 1.10 bits per heavy atom. The summed E-state index contributed by atoms with van der Waals surface area (Å²) in [5.74, 6) is -5.07. The highest BCUT2D eigenvalue weighted by atomic mass is 32.2. The Bertz CT molecular complexity index is 894. The minimum atomic E-state index is -3.96. The highest BCUT2D eigenvalue weighted by Gasteiger charge is 2.62. The van der Waals surface area contributed by atoms with Gasteiger partial charge < -0.3 is 9.47 Å². The number of benzene rings is 2. The van der Waals surface area contributed by atoms with Crippen molar-refractivity contribution >= 4 is 17.0 Å². The molecule has 0 spiro atoms. The standard InChI is InChI=1S/C23H29F2NO4S/c1-5-15-31(28)26(4)22(3,23(24,25)21(27)29-6-2)19-13-10-14-20(16-19)30-17-18-11-8-7-9-12-18/h7-14,16H,5-6,15,17H2,1-4H3/t22-,31-/m1/s1. The van der Waals surface area contributed by atoms with E-state index in [2.05, 4.69) is 4.74 Å². The number of esters is 1. The Balaban J connectivity index is 2.46. The number of alkyl halides is 2. The van der Waals surface area contributed by atoms with Gasteiger partial charge in [-0.2, -0.15) is 8.78 Å². The van der Waals surface area contributed by atoms with E-state index in [1.54, 1.807) is 12.1 Å². The number of hydrogen-bond acceptors (Lipinski definition) is 4. The second-order valence-corrected chi connectivity index (χ2v) is 8.79. The third-order valence-electron chi connectivity index (χ3n) is 5.10. The van der Waals surface area contributed by atoms with Crippen LogP contribution in [-0.2, 0) is 32.7 Å². The molecule has 0 unspecified atom stereocenters. The van der Waals surface area contributed by atoms with E-state index in [0.29, 0.717) is 12.2 Å². The lowest BCUT2D eigenvalue weighted by Gasteiger charge is -2.42. The zero-order valence-electron chi connectivity index (χ0n) is 18.3. The summed E-state index contributed by atoms with van der Waals surface area (Å²) >= 11 is 0. The van der Waals surface area contributed by atoms with Crippen molar-refractivity contribution in [1.29, 1.82) is 0 Å². The van der Waals surface area contributed by atoms with Crippen molar-refractivity contribution in [2.45, 2.75) is 45.3 Å². The van der Waals surface area contributed by atoms with Crippen LogP contribution in [-0.4, -0.2) is 39.8 Å². The second kappa shape index (κ2) is 10.8. The first-order valence-electron chi connectivity index (χ1n) is 10.1. The Kier molecular flexibility index (Phi) is 8.70. The number of halogens is 2. The van der Waals surface area contributed by atoms with Crippen LogP contribution in [0.2, 0.25) is 0 Å². The fourth-order valence-electron chi connectivity index (χ4n) is 3.13. The van der Waals surface area contributed by atoms with E-state index >= 15 is 8.78 Å². The van der Waals surface area contributed by atoms with Gasteiger partial charge in [0.05, 0.1) is 17.6 Å². The first-order chi connectivity index (χ1) is 14.7. The molecule has 2 aromatic carbocycles. The smallest absolute Gasteiger partial charge is 0.379 e. The van der Waals surface area contributed by atoms with Crippen LogP contribution in [0.4, 0.5) is 8.78 Å². The molecule has 0 N–H and O–H groups in total. The monoisotopic (exact) mass is 453 g/mol. The molecule has 0 amide bonds. The van der Waals surface area contributed by atoms with E-state index in [9.17, 15) is 9.00 Å².